The van der Waals surface area contributed by atoms with E-state index in [1.54, 1.807) is 6.08 Å². The quantitative estimate of drug-likeness (QED) is 0.378. The Bertz CT molecular complexity index is 1110. The molecule has 2 aromatic heterocycles. The van der Waals surface area contributed by atoms with Crippen molar-refractivity contribution in [2.75, 3.05) is 5.75 Å². The number of pyridine rings is 1. The highest BCUT2D eigenvalue weighted by Crippen LogP contribution is 2.33. The maximum absolute atomic E-state index is 14.4. The number of aliphatic imine (C=N–C) groups is 2. The van der Waals surface area contributed by atoms with Gasteiger partial charge in [-0.15, -0.1) is 0 Å². The van der Waals surface area contributed by atoms with Gasteiger partial charge in [0.25, 0.3) is 0 Å². The molecule has 174 valence electrons. The van der Waals surface area contributed by atoms with Crippen LogP contribution in [0.25, 0.3) is 11.5 Å². The SMILES string of the molecule is C=N/C=C\C=NCc1cnc(-c2ncc([C@@H](F)CCC(F)(F)F)n2C)c(S(=O)(=O)CC)c1. The van der Waals surface area contributed by atoms with Crippen LogP contribution in [0.2, 0.25) is 0 Å². The molecule has 0 radical (unpaired) electrons. The molecule has 0 unspecified atom stereocenters. The summed E-state index contributed by atoms with van der Waals surface area (Å²) in [6, 6.07) is 1.42. The summed E-state index contributed by atoms with van der Waals surface area (Å²) >= 11 is 0. The van der Waals surface area contributed by atoms with Crippen LogP contribution in [0.1, 0.15) is 37.2 Å². The lowest BCUT2D eigenvalue weighted by Crippen LogP contribution is -2.12. The Kier molecular flexibility index (Phi) is 8.42. The monoisotopic (exact) mass is 473 g/mol. The van der Waals surface area contributed by atoms with E-state index in [0.717, 1.165) is 6.20 Å². The highest BCUT2D eigenvalue weighted by atomic mass is 32.2. The molecule has 0 amide bonds. The number of allylic oxidation sites excluding steroid dienone is 1. The zero-order chi connectivity index (χ0) is 23.9. The second-order valence-corrected chi connectivity index (χ2v) is 9.04. The molecule has 0 aliphatic heterocycles. The molecule has 0 saturated heterocycles. The maximum atomic E-state index is 14.4. The second-order valence-electron chi connectivity index (χ2n) is 6.79. The maximum Gasteiger partial charge on any atom is 0.389 e. The molecule has 0 aliphatic carbocycles. The van der Waals surface area contributed by atoms with E-state index in [2.05, 4.69) is 26.7 Å². The Labute approximate surface area is 183 Å². The number of sulfone groups is 1. The van der Waals surface area contributed by atoms with Crippen molar-refractivity contribution in [3.63, 3.8) is 0 Å². The number of imidazole rings is 1. The molecule has 7 nitrogen and oxygen atoms in total. The summed E-state index contributed by atoms with van der Waals surface area (Å²) in [5.41, 5.74) is 0.411. The number of aromatic nitrogens is 3. The summed E-state index contributed by atoms with van der Waals surface area (Å²) in [5.74, 6) is -0.173. The molecule has 0 aliphatic rings. The van der Waals surface area contributed by atoms with Crippen molar-refractivity contribution >= 4 is 22.8 Å². The zero-order valence-electron chi connectivity index (χ0n) is 17.5. The van der Waals surface area contributed by atoms with Crippen molar-refractivity contribution in [1.82, 2.24) is 14.5 Å². The predicted molar refractivity (Wildman–Crippen MR) is 114 cm³/mol. The van der Waals surface area contributed by atoms with Crippen LogP contribution in [-0.2, 0) is 23.4 Å². The van der Waals surface area contributed by atoms with Gasteiger partial charge in [-0.2, -0.15) is 13.2 Å². The molecule has 0 N–H and O–H groups in total. The molecule has 2 heterocycles. The van der Waals surface area contributed by atoms with Crippen molar-refractivity contribution in [3.05, 3.63) is 42.0 Å². The minimum Gasteiger partial charge on any atom is -0.327 e. The van der Waals surface area contributed by atoms with Crippen LogP contribution in [0.5, 0.6) is 0 Å². The van der Waals surface area contributed by atoms with Gasteiger partial charge in [0, 0.05) is 32.1 Å². The molecule has 12 heteroatoms. The third kappa shape index (κ3) is 6.55. The van der Waals surface area contributed by atoms with Crippen LogP contribution in [0.15, 0.2) is 45.6 Å². The third-order valence-corrected chi connectivity index (χ3v) is 6.26. The van der Waals surface area contributed by atoms with Gasteiger partial charge >= 0.3 is 6.18 Å². The summed E-state index contributed by atoms with van der Waals surface area (Å²) < 4.78 is 78.3. The smallest absolute Gasteiger partial charge is 0.327 e. The molecule has 0 spiro atoms. The van der Waals surface area contributed by atoms with Gasteiger partial charge in [0.2, 0.25) is 0 Å². The number of nitrogens with zero attached hydrogens (tertiary/aromatic N) is 5. The fourth-order valence-corrected chi connectivity index (χ4v) is 3.90. The zero-order valence-corrected chi connectivity index (χ0v) is 18.4. The third-order valence-electron chi connectivity index (χ3n) is 4.52. The Morgan fingerprint density at radius 1 is 1.28 bits per heavy atom. The van der Waals surface area contributed by atoms with E-state index in [1.165, 1.54) is 43.2 Å². The molecule has 0 saturated carbocycles. The van der Waals surface area contributed by atoms with Crippen LogP contribution in [0.4, 0.5) is 17.6 Å². The van der Waals surface area contributed by atoms with Crippen molar-refractivity contribution in [2.45, 2.75) is 43.6 Å². The largest absolute Gasteiger partial charge is 0.389 e. The van der Waals surface area contributed by atoms with Gasteiger partial charge in [0.05, 0.1) is 29.1 Å². The van der Waals surface area contributed by atoms with E-state index in [0.29, 0.717) is 5.56 Å². The highest BCUT2D eigenvalue weighted by Gasteiger charge is 2.30. The fraction of sp³-hybridized carbons (Fsp3) is 0.400. The van der Waals surface area contributed by atoms with E-state index >= 15 is 0 Å². The van der Waals surface area contributed by atoms with Crippen molar-refractivity contribution in [1.29, 1.82) is 0 Å². The molecular formula is C20H23F4N5O2S. The molecule has 0 bridgehead atoms. The Morgan fingerprint density at radius 2 is 2.00 bits per heavy atom. The van der Waals surface area contributed by atoms with Gasteiger partial charge in [0.1, 0.15) is 11.9 Å². The van der Waals surface area contributed by atoms with Crippen molar-refractivity contribution in [3.8, 4) is 11.5 Å². The number of halogens is 4. The van der Waals surface area contributed by atoms with E-state index in [4.69, 9.17) is 0 Å². The summed E-state index contributed by atoms with van der Waals surface area (Å²) in [5, 5.41) is 0. The first kappa shape index (κ1) is 25.4. The number of rotatable bonds is 10. The lowest BCUT2D eigenvalue weighted by molar-refractivity contribution is -0.138. The molecule has 0 fully saturated rings. The fourth-order valence-electron chi connectivity index (χ4n) is 2.82. The molecule has 2 rings (SSSR count). The number of hydrogen-bond acceptors (Lipinski definition) is 6. The van der Waals surface area contributed by atoms with Gasteiger partial charge < -0.3 is 4.57 Å². The number of hydrogen-bond donors (Lipinski definition) is 0. The van der Waals surface area contributed by atoms with E-state index in [9.17, 15) is 26.0 Å². The molecule has 1 atom stereocenters. The molecule has 0 aromatic carbocycles. The predicted octanol–water partition coefficient (Wildman–Crippen LogP) is 4.41. The van der Waals surface area contributed by atoms with Gasteiger partial charge in [0.15, 0.2) is 15.7 Å². The van der Waals surface area contributed by atoms with Crippen molar-refractivity contribution < 1.29 is 26.0 Å². The lowest BCUT2D eigenvalue weighted by Gasteiger charge is -2.13. The molecule has 32 heavy (non-hydrogen) atoms. The normalized spacial score (nSPS) is 13.8. The average molecular weight is 473 g/mol. The van der Waals surface area contributed by atoms with Gasteiger partial charge in [-0.1, -0.05) is 6.92 Å². The number of alkyl halides is 4. The van der Waals surface area contributed by atoms with Crippen LogP contribution in [0.3, 0.4) is 0 Å². The minimum absolute atomic E-state index is 0.00731. The van der Waals surface area contributed by atoms with Crippen LogP contribution < -0.4 is 0 Å². The van der Waals surface area contributed by atoms with Crippen LogP contribution in [-0.4, -0.2) is 47.8 Å². The highest BCUT2D eigenvalue weighted by molar-refractivity contribution is 7.91. The summed E-state index contributed by atoms with van der Waals surface area (Å²) in [6.45, 7) is 4.90. The summed E-state index contributed by atoms with van der Waals surface area (Å²) in [4.78, 5) is 15.8. The van der Waals surface area contributed by atoms with Gasteiger partial charge in [-0.3, -0.25) is 15.0 Å². The lowest BCUT2D eigenvalue weighted by atomic mass is 10.1. The van der Waals surface area contributed by atoms with Crippen LogP contribution >= 0.6 is 0 Å². The second kappa shape index (κ2) is 10.6. The minimum atomic E-state index is -4.48. The van der Waals surface area contributed by atoms with Gasteiger partial charge in [-0.05, 0) is 30.8 Å². The molecular weight excluding hydrogens is 450 g/mol. The van der Waals surface area contributed by atoms with E-state index in [1.807, 2.05) is 0 Å². The topological polar surface area (TPSA) is 89.6 Å². The standard InChI is InChI=1S/C20H23F4N5O2S/c1-4-32(30,31)17-10-14(11-26-9-5-8-25-2)12-27-18(17)19-28-13-16(29(19)3)15(21)6-7-20(22,23)24/h5,8-10,12-13,15H,2,4,6-7,11H2,1,3H3/b8-5-,26-9?/t15-/m0/s1. The van der Waals surface area contributed by atoms with Crippen molar-refractivity contribution in [2.24, 2.45) is 17.0 Å². The molecule has 2 aromatic rings. The summed E-state index contributed by atoms with van der Waals surface area (Å²) in [6.07, 6.45) is -1.46. The first-order chi connectivity index (χ1) is 15.0. The average Bonchev–Trinajstić information content (AvgIpc) is 3.12. The Morgan fingerprint density at radius 3 is 2.62 bits per heavy atom. The summed E-state index contributed by atoms with van der Waals surface area (Å²) in [7, 11) is -2.34. The van der Waals surface area contributed by atoms with Gasteiger partial charge in [-0.25, -0.2) is 17.8 Å². The first-order valence-electron chi connectivity index (χ1n) is 9.55. The van der Waals surface area contributed by atoms with E-state index < -0.39 is 35.0 Å². The van der Waals surface area contributed by atoms with Crippen LogP contribution in [0, 0.1) is 0 Å². The van der Waals surface area contributed by atoms with E-state index in [-0.39, 0.29) is 34.4 Å². The first-order valence-corrected chi connectivity index (χ1v) is 11.2. The Hall–Kier alpha value is -2.89. The Balaban J connectivity index is 2.42.